The fourth-order valence-electron chi connectivity index (χ4n) is 3.49. The highest BCUT2D eigenvalue weighted by atomic mass is 16.2. The van der Waals surface area contributed by atoms with E-state index in [4.69, 9.17) is 0 Å². The van der Waals surface area contributed by atoms with Gasteiger partial charge in [-0.05, 0) is 38.1 Å². The molecule has 2 heterocycles. The molecule has 0 bridgehead atoms. The summed E-state index contributed by atoms with van der Waals surface area (Å²) in [4.78, 5) is 26.0. The van der Waals surface area contributed by atoms with E-state index in [0.717, 1.165) is 32.2 Å². The Morgan fingerprint density at radius 3 is 2.67 bits per heavy atom. The Balaban J connectivity index is 1.71. The van der Waals surface area contributed by atoms with Crippen molar-refractivity contribution >= 4 is 11.9 Å². The summed E-state index contributed by atoms with van der Waals surface area (Å²) in [5, 5.41) is 6.14. The highest BCUT2D eigenvalue weighted by Gasteiger charge is 2.51. The molecule has 3 fully saturated rings. The van der Waals surface area contributed by atoms with Gasteiger partial charge in [0.2, 0.25) is 0 Å². The lowest BCUT2D eigenvalue weighted by Gasteiger charge is -2.31. The van der Waals surface area contributed by atoms with Crippen molar-refractivity contribution in [3.63, 3.8) is 0 Å². The van der Waals surface area contributed by atoms with Crippen LogP contribution in [0.5, 0.6) is 0 Å². The van der Waals surface area contributed by atoms with Gasteiger partial charge in [0.05, 0.1) is 0 Å². The van der Waals surface area contributed by atoms with Crippen LogP contribution in [0.4, 0.5) is 4.79 Å². The molecule has 0 aromatic carbocycles. The summed E-state index contributed by atoms with van der Waals surface area (Å²) in [5.74, 6) is 0.512. The number of hydrogen-bond donors (Lipinski definition) is 2. The molecular weight excluding hydrogens is 230 g/mol. The highest BCUT2D eigenvalue weighted by Crippen LogP contribution is 2.30. The van der Waals surface area contributed by atoms with Gasteiger partial charge in [0.15, 0.2) is 0 Å². The Hall–Kier alpha value is -1.10. The van der Waals surface area contributed by atoms with Gasteiger partial charge >= 0.3 is 6.03 Å². The third kappa shape index (κ3) is 1.90. The zero-order chi connectivity index (χ0) is 12.6. The molecule has 1 unspecified atom stereocenters. The first-order chi connectivity index (χ1) is 8.71. The number of nitrogens with zero attached hydrogens (tertiary/aromatic N) is 1. The van der Waals surface area contributed by atoms with E-state index in [-0.39, 0.29) is 11.9 Å². The van der Waals surface area contributed by atoms with Crippen LogP contribution in [0.2, 0.25) is 0 Å². The maximum Gasteiger partial charge on any atom is 0.325 e. The summed E-state index contributed by atoms with van der Waals surface area (Å²) < 4.78 is 0. The predicted octanol–water partition coefficient (Wildman–Crippen LogP) is 0.851. The minimum absolute atomic E-state index is 0.00778. The first-order valence-corrected chi connectivity index (χ1v) is 7.06. The van der Waals surface area contributed by atoms with Gasteiger partial charge in [-0.15, -0.1) is 0 Å². The summed E-state index contributed by atoms with van der Waals surface area (Å²) in [6.45, 7) is 2.14. The van der Waals surface area contributed by atoms with E-state index in [2.05, 4.69) is 10.6 Å². The molecule has 2 N–H and O–H groups in total. The van der Waals surface area contributed by atoms with Crippen molar-refractivity contribution in [2.45, 2.75) is 44.1 Å². The number of carbonyl (C=O) groups excluding carboxylic acids is 2. The van der Waals surface area contributed by atoms with Gasteiger partial charge in [-0.25, -0.2) is 4.79 Å². The second-order valence-electron chi connectivity index (χ2n) is 5.86. The molecule has 18 heavy (non-hydrogen) atoms. The Bertz CT molecular complexity index is 357. The zero-order valence-corrected chi connectivity index (χ0v) is 10.7. The number of rotatable bonds is 2. The Morgan fingerprint density at radius 2 is 2.00 bits per heavy atom. The van der Waals surface area contributed by atoms with Crippen molar-refractivity contribution in [2.75, 3.05) is 19.6 Å². The topological polar surface area (TPSA) is 61.4 Å². The van der Waals surface area contributed by atoms with Gasteiger partial charge in [0.1, 0.15) is 5.54 Å². The number of amides is 3. The van der Waals surface area contributed by atoms with Crippen molar-refractivity contribution < 1.29 is 9.59 Å². The molecule has 1 aliphatic carbocycles. The Morgan fingerprint density at radius 1 is 1.22 bits per heavy atom. The molecule has 3 aliphatic rings. The molecule has 5 nitrogen and oxygen atoms in total. The molecule has 2 saturated heterocycles. The highest BCUT2D eigenvalue weighted by molar-refractivity contribution is 6.07. The van der Waals surface area contributed by atoms with Gasteiger partial charge in [-0.2, -0.15) is 0 Å². The lowest BCUT2D eigenvalue weighted by molar-refractivity contribution is -0.132. The normalized spacial score (nSPS) is 33.4. The molecular formula is C13H21N3O2. The van der Waals surface area contributed by atoms with Crippen molar-refractivity contribution in [1.82, 2.24) is 15.5 Å². The van der Waals surface area contributed by atoms with Crippen LogP contribution in [-0.4, -0.2) is 42.0 Å². The predicted molar refractivity (Wildman–Crippen MR) is 67.0 cm³/mol. The molecule has 3 amide bonds. The van der Waals surface area contributed by atoms with Crippen LogP contribution in [0.3, 0.4) is 0 Å². The molecule has 3 rings (SSSR count). The van der Waals surface area contributed by atoms with E-state index in [9.17, 15) is 9.59 Å². The molecule has 0 aromatic heterocycles. The van der Waals surface area contributed by atoms with Gasteiger partial charge in [0, 0.05) is 13.1 Å². The quantitative estimate of drug-likeness (QED) is 0.715. The molecule has 1 atom stereocenters. The summed E-state index contributed by atoms with van der Waals surface area (Å²) in [6.07, 6.45) is 6.50. The van der Waals surface area contributed by atoms with Crippen molar-refractivity contribution in [3.05, 3.63) is 0 Å². The van der Waals surface area contributed by atoms with Crippen molar-refractivity contribution in [1.29, 1.82) is 0 Å². The second-order valence-corrected chi connectivity index (χ2v) is 5.86. The van der Waals surface area contributed by atoms with Crippen LogP contribution in [0, 0.1) is 5.92 Å². The number of urea groups is 1. The average molecular weight is 251 g/mol. The van der Waals surface area contributed by atoms with Crippen molar-refractivity contribution in [2.24, 2.45) is 5.92 Å². The fourth-order valence-corrected chi connectivity index (χ4v) is 3.49. The first-order valence-electron chi connectivity index (χ1n) is 7.06. The summed E-state index contributed by atoms with van der Waals surface area (Å²) in [5.41, 5.74) is -0.645. The lowest BCUT2D eigenvalue weighted by Crippen LogP contribution is -2.57. The van der Waals surface area contributed by atoms with Crippen LogP contribution < -0.4 is 10.6 Å². The monoisotopic (exact) mass is 251 g/mol. The number of hydrogen-bond acceptors (Lipinski definition) is 3. The van der Waals surface area contributed by atoms with E-state index in [1.165, 1.54) is 17.7 Å². The Labute approximate surface area is 107 Å². The fraction of sp³-hybridized carbons (Fsp3) is 0.846. The van der Waals surface area contributed by atoms with E-state index in [1.54, 1.807) is 0 Å². The first kappa shape index (κ1) is 12.0. The number of carbonyl (C=O) groups is 2. The maximum absolute atomic E-state index is 12.5. The summed E-state index contributed by atoms with van der Waals surface area (Å²) >= 11 is 0. The van der Waals surface area contributed by atoms with E-state index in [1.807, 2.05) is 0 Å². The number of piperidine rings is 1. The van der Waals surface area contributed by atoms with Gasteiger partial charge in [0.25, 0.3) is 5.91 Å². The minimum Gasteiger partial charge on any atom is -0.322 e. The number of imide groups is 1. The third-order valence-corrected chi connectivity index (χ3v) is 4.55. The third-order valence-electron chi connectivity index (χ3n) is 4.55. The van der Waals surface area contributed by atoms with Crippen LogP contribution in [0.15, 0.2) is 0 Å². The van der Waals surface area contributed by atoms with Crippen LogP contribution in [0.1, 0.15) is 38.5 Å². The lowest BCUT2D eigenvalue weighted by atomic mass is 9.90. The van der Waals surface area contributed by atoms with E-state index in [0.29, 0.717) is 19.0 Å². The molecule has 5 heteroatoms. The smallest absolute Gasteiger partial charge is 0.322 e. The van der Waals surface area contributed by atoms with Gasteiger partial charge in [-0.3, -0.25) is 9.69 Å². The summed E-state index contributed by atoms with van der Waals surface area (Å²) in [7, 11) is 0. The molecule has 1 spiro atoms. The molecule has 2 aliphatic heterocycles. The molecule has 100 valence electrons. The minimum atomic E-state index is -0.645. The maximum atomic E-state index is 12.5. The zero-order valence-electron chi connectivity index (χ0n) is 10.7. The average Bonchev–Trinajstić information content (AvgIpc) is 2.95. The number of nitrogens with one attached hydrogen (secondary N) is 2. The van der Waals surface area contributed by atoms with Crippen molar-refractivity contribution in [3.8, 4) is 0 Å². The summed E-state index contributed by atoms with van der Waals surface area (Å²) in [6, 6.07) is -0.185. The van der Waals surface area contributed by atoms with E-state index < -0.39 is 5.54 Å². The van der Waals surface area contributed by atoms with Crippen LogP contribution >= 0.6 is 0 Å². The van der Waals surface area contributed by atoms with Gasteiger partial charge in [-0.1, -0.05) is 12.8 Å². The van der Waals surface area contributed by atoms with Crippen LogP contribution in [-0.2, 0) is 4.79 Å². The van der Waals surface area contributed by atoms with Gasteiger partial charge < -0.3 is 10.6 Å². The second kappa shape index (κ2) is 4.53. The SMILES string of the molecule is O=C1NC2(CCCNC2)C(=O)N1CC1CCCC1. The molecule has 1 saturated carbocycles. The molecule has 0 radical (unpaired) electrons. The standard InChI is InChI=1S/C13H21N3O2/c17-11-13(6-3-7-14-9-13)15-12(18)16(11)8-10-4-1-2-5-10/h10,14H,1-9H2,(H,15,18). The molecule has 0 aromatic rings. The van der Waals surface area contributed by atoms with E-state index >= 15 is 0 Å². The van der Waals surface area contributed by atoms with Crippen LogP contribution in [0.25, 0.3) is 0 Å². The largest absolute Gasteiger partial charge is 0.325 e. The Kier molecular flexibility index (Phi) is 3.01.